The van der Waals surface area contributed by atoms with Gasteiger partial charge in [-0.25, -0.2) is 13.1 Å². The van der Waals surface area contributed by atoms with Crippen LogP contribution < -0.4 is 10.5 Å². The van der Waals surface area contributed by atoms with Gasteiger partial charge in [-0.05, 0) is 31.4 Å². The lowest BCUT2D eigenvalue weighted by atomic mass is 9.92. The summed E-state index contributed by atoms with van der Waals surface area (Å²) >= 11 is 0. The summed E-state index contributed by atoms with van der Waals surface area (Å²) in [6, 6.07) is 3.73. The van der Waals surface area contributed by atoms with E-state index in [-0.39, 0.29) is 29.5 Å². The molecule has 0 atom stereocenters. The van der Waals surface area contributed by atoms with E-state index in [4.69, 9.17) is 5.73 Å². The van der Waals surface area contributed by atoms with Crippen LogP contribution in [0.25, 0.3) is 0 Å². The summed E-state index contributed by atoms with van der Waals surface area (Å²) in [6.45, 7) is 1.73. The molecule has 0 radical (unpaired) electrons. The molecule has 0 spiro atoms. The number of nitrogens with zero attached hydrogens (tertiary/aromatic N) is 1. The van der Waals surface area contributed by atoms with Crippen molar-refractivity contribution in [3.05, 3.63) is 33.9 Å². The molecule has 1 fully saturated rings. The number of hydrogen-bond acceptors (Lipinski definition) is 5. The maximum absolute atomic E-state index is 12.5. The van der Waals surface area contributed by atoms with Crippen molar-refractivity contribution < 1.29 is 13.3 Å². The highest BCUT2D eigenvalue weighted by Gasteiger charge is 2.29. The van der Waals surface area contributed by atoms with Crippen LogP contribution in [0.15, 0.2) is 23.1 Å². The molecule has 0 unspecified atom stereocenters. The first-order valence-electron chi connectivity index (χ1n) is 7.77. The molecule has 1 aromatic carbocycles. The number of hydrogen-bond donors (Lipinski definition) is 2. The molecule has 0 amide bonds. The third kappa shape index (κ3) is 5.14. The molecule has 1 aromatic rings. The summed E-state index contributed by atoms with van der Waals surface area (Å²) in [6.07, 6.45) is 5.88. The molecule has 2 rings (SSSR count). The van der Waals surface area contributed by atoms with Gasteiger partial charge >= 0.3 is 0 Å². The van der Waals surface area contributed by atoms with E-state index in [1.54, 1.807) is 6.92 Å². The van der Waals surface area contributed by atoms with Gasteiger partial charge in [-0.3, -0.25) is 10.1 Å². The summed E-state index contributed by atoms with van der Waals surface area (Å²) in [5.41, 5.74) is 6.04. The number of rotatable bonds is 5. The van der Waals surface area contributed by atoms with Gasteiger partial charge in [0.1, 0.15) is 0 Å². The van der Waals surface area contributed by atoms with Gasteiger partial charge in [0.05, 0.1) is 9.82 Å². The first-order valence-corrected chi connectivity index (χ1v) is 9.25. The number of halogens is 1. The minimum absolute atomic E-state index is 0. The summed E-state index contributed by atoms with van der Waals surface area (Å²) in [5, 5.41) is 10.7. The fourth-order valence-corrected chi connectivity index (χ4v) is 4.34. The van der Waals surface area contributed by atoms with E-state index in [2.05, 4.69) is 4.72 Å². The van der Waals surface area contributed by atoms with Crippen molar-refractivity contribution in [2.24, 2.45) is 5.73 Å². The van der Waals surface area contributed by atoms with Gasteiger partial charge in [0.2, 0.25) is 10.0 Å². The highest BCUT2D eigenvalue weighted by molar-refractivity contribution is 7.89. The molecule has 0 heterocycles. The van der Waals surface area contributed by atoms with Crippen LogP contribution >= 0.6 is 12.4 Å². The molecule has 136 valence electrons. The quantitative estimate of drug-likeness (QED) is 0.465. The topological polar surface area (TPSA) is 115 Å². The van der Waals surface area contributed by atoms with Gasteiger partial charge in [0.15, 0.2) is 0 Å². The summed E-state index contributed by atoms with van der Waals surface area (Å²) in [7, 11) is -3.74. The Morgan fingerprint density at radius 3 is 2.33 bits per heavy atom. The van der Waals surface area contributed by atoms with Crippen molar-refractivity contribution >= 4 is 28.1 Å². The zero-order chi connectivity index (χ0) is 17.1. The molecule has 1 aliphatic carbocycles. The lowest BCUT2D eigenvalue weighted by molar-refractivity contribution is -0.385. The molecule has 7 nitrogen and oxygen atoms in total. The van der Waals surface area contributed by atoms with Gasteiger partial charge < -0.3 is 5.73 Å². The lowest BCUT2D eigenvalue weighted by Crippen LogP contribution is -2.49. The summed E-state index contributed by atoms with van der Waals surface area (Å²) < 4.78 is 27.5. The number of sulfonamides is 1. The second-order valence-corrected chi connectivity index (χ2v) is 8.04. The Hall–Kier alpha value is -1.22. The number of nitrogens with two attached hydrogens (primary N) is 1. The normalized spacial score (nSPS) is 17.6. The standard InChI is InChI=1S/C15H23N3O4S.ClH/c1-12-10-13(18(19)20)6-7-14(12)23(21,22)17-11-15(16)8-4-2-3-5-9-15;/h6-7,10,17H,2-5,8-9,11,16H2,1H3;1H. The molecule has 24 heavy (non-hydrogen) atoms. The number of aryl methyl sites for hydroxylation is 1. The summed E-state index contributed by atoms with van der Waals surface area (Å²) in [5.74, 6) is 0. The molecular weight excluding hydrogens is 354 g/mol. The fourth-order valence-electron chi connectivity index (χ4n) is 2.97. The van der Waals surface area contributed by atoms with E-state index in [1.165, 1.54) is 18.2 Å². The van der Waals surface area contributed by atoms with Crippen molar-refractivity contribution in [3.8, 4) is 0 Å². The molecule has 0 bridgehead atoms. The van der Waals surface area contributed by atoms with Crippen LogP contribution in [0, 0.1) is 17.0 Å². The van der Waals surface area contributed by atoms with E-state index < -0.39 is 20.5 Å². The van der Waals surface area contributed by atoms with Gasteiger partial charge in [-0.1, -0.05) is 25.7 Å². The van der Waals surface area contributed by atoms with E-state index >= 15 is 0 Å². The van der Waals surface area contributed by atoms with Crippen molar-refractivity contribution in [1.82, 2.24) is 4.72 Å². The van der Waals surface area contributed by atoms with Crippen LogP contribution in [0.5, 0.6) is 0 Å². The number of nitrogens with one attached hydrogen (secondary N) is 1. The Morgan fingerprint density at radius 2 is 1.83 bits per heavy atom. The first-order chi connectivity index (χ1) is 10.7. The van der Waals surface area contributed by atoms with E-state index in [0.29, 0.717) is 5.56 Å². The van der Waals surface area contributed by atoms with Crippen molar-refractivity contribution in [1.29, 1.82) is 0 Å². The molecular formula is C15H24ClN3O4S. The third-order valence-electron chi connectivity index (χ3n) is 4.37. The van der Waals surface area contributed by atoms with Crippen molar-refractivity contribution in [3.63, 3.8) is 0 Å². The van der Waals surface area contributed by atoms with Gasteiger partial charge in [0, 0.05) is 24.2 Å². The molecule has 9 heteroatoms. The number of nitro groups is 1. The Bertz CT molecular complexity index is 686. The number of non-ortho nitro benzene ring substituents is 1. The van der Waals surface area contributed by atoms with E-state index in [0.717, 1.165) is 38.5 Å². The molecule has 0 saturated heterocycles. The van der Waals surface area contributed by atoms with Gasteiger partial charge in [-0.2, -0.15) is 0 Å². The minimum Gasteiger partial charge on any atom is -0.324 e. The fraction of sp³-hybridized carbons (Fsp3) is 0.600. The second kappa shape index (κ2) is 8.24. The van der Waals surface area contributed by atoms with Crippen LogP contribution in [0.1, 0.15) is 44.1 Å². The van der Waals surface area contributed by atoms with Crippen LogP contribution in [0.4, 0.5) is 5.69 Å². The Balaban J connectivity index is 0.00000288. The number of nitro benzene ring substituents is 1. The lowest BCUT2D eigenvalue weighted by Gasteiger charge is -2.28. The van der Waals surface area contributed by atoms with E-state index in [1.807, 2.05) is 0 Å². The average Bonchev–Trinajstić information content (AvgIpc) is 2.70. The predicted molar refractivity (Wildman–Crippen MR) is 94.9 cm³/mol. The van der Waals surface area contributed by atoms with Crippen LogP contribution in [0.3, 0.4) is 0 Å². The van der Waals surface area contributed by atoms with Crippen molar-refractivity contribution in [2.75, 3.05) is 6.54 Å². The minimum atomic E-state index is -3.74. The first kappa shape index (κ1) is 20.8. The summed E-state index contributed by atoms with van der Waals surface area (Å²) in [4.78, 5) is 10.3. The second-order valence-electron chi connectivity index (χ2n) is 6.31. The maximum Gasteiger partial charge on any atom is 0.269 e. The number of benzene rings is 1. The Kier molecular flexibility index (Phi) is 7.15. The third-order valence-corrected chi connectivity index (χ3v) is 5.93. The highest BCUT2D eigenvalue weighted by Crippen LogP contribution is 2.26. The van der Waals surface area contributed by atoms with Crippen molar-refractivity contribution in [2.45, 2.75) is 55.9 Å². The Morgan fingerprint density at radius 1 is 1.25 bits per heavy atom. The SMILES string of the molecule is Cc1cc([N+](=O)[O-])ccc1S(=O)(=O)NCC1(N)CCCCCC1.Cl. The zero-order valence-corrected chi connectivity index (χ0v) is 15.3. The van der Waals surface area contributed by atoms with E-state index in [9.17, 15) is 18.5 Å². The predicted octanol–water partition coefficient (Wildman–Crippen LogP) is 2.66. The van der Waals surface area contributed by atoms with Crippen LogP contribution in [-0.4, -0.2) is 25.4 Å². The van der Waals surface area contributed by atoms with Gasteiger partial charge in [0.25, 0.3) is 5.69 Å². The Labute approximate surface area is 148 Å². The molecule has 0 aliphatic heterocycles. The smallest absolute Gasteiger partial charge is 0.269 e. The monoisotopic (exact) mass is 377 g/mol. The zero-order valence-electron chi connectivity index (χ0n) is 13.7. The van der Waals surface area contributed by atoms with Crippen LogP contribution in [0.2, 0.25) is 0 Å². The van der Waals surface area contributed by atoms with Crippen LogP contribution in [-0.2, 0) is 10.0 Å². The maximum atomic E-state index is 12.5. The molecule has 0 aromatic heterocycles. The van der Waals surface area contributed by atoms with Gasteiger partial charge in [-0.15, -0.1) is 12.4 Å². The molecule has 1 saturated carbocycles. The highest BCUT2D eigenvalue weighted by atomic mass is 35.5. The molecule has 1 aliphatic rings. The largest absolute Gasteiger partial charge is 0.324 e. The average molecular weight is 378 g/mol. The molecule has 3 N–H and O–H groups in total.